The molecule has 3 unspecified atom stereocenters. The zero-order valence-corrected chi connectivity index (χ0v) is 20.2. The van der Waals surface area contributed by atoms with E-state index in [1.807, 2.05) is 17.0 Å². The summed E-state index contributed by atoms with van der Waals surface area (Å²) in [6.45, 7) is 6.01. The minimum Gasteiger partial charge on any atom is -0.396 e. The summed E-state index contributed by atoms with van der Waals surface area (Å²) >= 11 is 0. The average molecular weight is 475 g/mol. The molecule has 4 aliphatic rings. The van der Waals surface area contributed by atoms with Crippen molar-refractivity contribution in [2.75, 3.05) is 26.2 Å². The van der Waals surface area contributed by atoms with Crippen LogP contribution in [0, 0.1) is 29.1 Å². The number of nitriles is 1. The molecule has 184 valence electrons. The molecule has 8 nitrogen and oxygen atoms in total. The molecule has 5 rings (SSSR count). The first-order valence-electron chi connectivity index (χ1n) is 12.9. The molecule has 35 heavy (non-hydrogen) atoms. The van der Waals surface area contributed by atoms with Crippen molar-refractivity contribution in [2.45, 2.75) is 57.2 Å². The van der Waals surface area contributed by atoms with Crippen LogP contribution in [-0.4, -0.2) is 75.7 Å². The van der Waals surface area contributed by atoms with E-state index in [2.05, 4.69) is 22.5 Å². The van der Waals surface area contributed by atoms with Crippen molar-refractivity contribution in [3.05, 3.63) is 30.5 Å². The number of aliphatic hydroxyl groups excluding tert-OH is 1. The van der Waals surface area contributed by atoms with E-state index in [1.54, 1.807) is 12.3 Å². The predicted octanol–water partition coefficient (Wildman–Crippen LogP) is 3.21. The third-order valence-corrected chi connectivity index (χ3v) is 7.58. The van der Waals surface area contributed by atoms with E-state index in [0.717, 1.165) is 49.2 Å². The van der Waals surface area contributed by atoms with E-state index < -0.39 is 0 Å². The number of pyridine rings is 1. The Labute approximate surface area is 207 Å². The van der Waals surface area contributed by atoms with Crippen molar-refractivity contribution in [2.24, 2.45) is 27.7 Å². The Balaban J connectivity index is 1.39. The zero-order chi connectivity index (χ0) is 24.4. The monoisotopic (exact) mass is 474 g/mol. The van der Waals surface area contributed by atoms with Crippen LogP contribution in [0.1, 0.15) is 50.5 Å². The Hall–Kier alpha value is -2.89. The van der Waals surface area contributed by atoms with Crippen LogP contribution < -0.4 is 0 Å². The Morgan fingerprint density at radius 2 is 2.14 bits per heavy atom. The fourth-order valence-electron chi connectivity index (χ4n) is 5.38. The van der Waals surface area contributed by atoms with E-state index in [1.165, 1.54) is 0 Å². The second-order valence-corrected chi connectivity index (χ2v) is 10.2. The number of carbonyl (C=O) groups is 1. The lowest BCUT2D eigenvalue weighted by atomic mass is 9.90. The van der Waals surface area contributed by atoms with E-state index in [-0.39, 0.29) is 30.6 Å². The first-order valence-corrected chi connectivity index (χ1v) is 12.9. The molecule has 0 radical (unpaired) electrons. The van der Waals surface area contributed by atoms with Crippen LogP contribution >= 0.6 is 0 Å². The van der Waals surface area contributed by atoms with Gasteiger partial charge < -0.3 is 10.0 Å². The Kier molecular flexibility index (Phi) is 7.07. The first kappa shape index (κ1) is 23.8. The molecule has 1 N–H and O–H groups in total. The van der Waals surface area contributed by atoms with Crippen LogP contribution in [0.15, 0.2) is 34.9 Å². The minimum absolute atomic E-state index is 0.0433. The van der Waals surface area contributed by atoms with Gasteiger partial charge in [-0.3, -0.25) is 14.7 Å². The summed E-state index contributed by atoms with van der Waals surface area (Å²) in [6, 6.07) is 6.50. The Morgan fingerprint density at radius 3 is 2.83 bits per heavy atom. The number of hydrogen-bond acceptors (Lipinski definition) is 7. The van der Waals surface area contributed by atoms with Crippen LogP contribution in [0.4, 0.5) is 5.82 Å². The number of hydrogen-bond donors (Lipinski definition) is 1. The fourth-order valence-corrected chi connectivity index (χ4v) is 5.38. The van der Waals surface area contributed by atoms with Gasteiger partial charge in [-0.2, -0.15) is 5.26 Å². The van der Waals surface area contributed by atoms with Gasteiger partial charge in [-0.05, 0) is 55.7 Å². The van der Waals surface area contributed by atoms with Gasteiger partial charge in [-0.15, -0.1) is 0 Å². The molecule has 2 aliphatic heterocycles. The lowest BCUT2D eigenvalue weighted by molar-refractivity contribution is -0.137. The summed E-state index contributed by atoms with van der Waals surface area (Å²) < 4.78 is 0. The molecular formula is C27H34N6O2. The second kappa shape index (κ2) is 10.4. The molecule has 2 saturated carbocycles. The lowest BCUT2D eigenvalue weighted by Gasteiger charge is -2.45. The fraction of sp³-hybridized carbons (Fsp3) is 0.593. The van der Waals surface area contributed by atoms with Gasteiger partial charge in [0.2, 0.25) is 5.91 Å². The Morgan fingerprint density at radius 1 is 1.31 bits per heavy atom. The number of rotatable bonds is 8. The summed E-state index contributed by atoms with van der Waals surface area (Å²) in [7, 11) is 0. The van der Waals surface area contributed by atoms with E-state index in [4.69, 9.17) is 15.1 Å². The first-order chi connectivity index (χ1) is 17.1. The van der Waals surface area contributed by atoms with Gasteiger partial charge in [0.05, 0.1) is 23.4 Å². The zero-order valence-electron chi connectivity index (χ0n) is 20.2. The molecule has 8 heteroatoms. The third kappa shape index (κ3) is 5.36. The smallest absolute Gasteiger partial charge is 0.223 e. The molecular weight excluding hydrogens is 440 g/mol. The van der Waals surface area contributed by atoms with Crippen LogP contribution in [0.5, 0.6) is 0 Å². The van der Waals surface area contributed by atoms with Gasteiger partial charge in [0.25, 0.3) is 0 Å². The molecule has 3 fully saturated rings. The van der Waals surface area contributed by atoms with Crippen molar-refractivity contribution < 1.29 is 9.90 Å². The third-order valence-electron chi connectivity index (χ3n) is 7.58. The highest BCUT2D eigenvalue weighted by Gasteiger charge is 2.45. The predicted molar refractivity (Wildman–Crippen MR) is 135 cm³/mol. The topological polar surface area (TPSA) is 105 Å². The maximum atomic E-state index is 12.8. The van der Waals surface area contributed by atoms with E-state index in [9.17, 15) is 10.1 Å². The minimum atomic E-state index is -0.282. The molecule has 0 spiro atoms. The largest absolute Gasteiger partial charge is 0.396 e. The number of carbonyl (C=O) groups excluding carboxylic acids is 1. The summed E-state index contributed by atoms with van der Waals surface area (Å²) in [4.78, 5) is 31.6. The lowest BCUT2D eigenvalue weighted by Crippen LogP contribution is -2.59. The summed E-state index contributed by atoms with van der Waals surface area (Å²) in [6.07, 6.45) is 9.32. The molecule has 1 amide bonds. The highest BCUT2D eigenvalue weighted by atomic mass is 16.3. The van der Waals surface area contributed by atoms with Crippen LogP contribution in [0.25, 0.3) is 6.08 Å². The molecule has 3 heterocycles. The molecule has 1 aromatic heterocycles. The number of amides is 1. The molecule has 0 bridgehead atoms. The highest BCUT2D eigenvalue weighted by Crippen LogP contribution is 2.40. The van der Waals surface area contributed by atoms with Crippen LogP contribution in [0.2, 0.25) is 0 Å². The van der Waals surface area contributed by atoms with Gasteiger partial charge in [0, 0.05) is 57.2 Å². The normalized spacial score (nSPS) is 28.5. The standard InChI is InChI=1S/C27H34N6O2/c1-2-18-9-10-29-24(14-18)30-22-15-21(16-28)27(31-26(22)20-7-8-20)32-11-12-33(25(35)4-3-13-34)23(17-32)19-5-6-19/h2,9-10,14,19-21,23,27,34H,1,3-8,11-13,15,17H2. The Bertz CT molecular complexity index is 1070. The molecule has 3 atom stereocenters. The van der Waals surface area contributed by atoms with Crippen molar-refractivity contribution in [3.8, 4) is 6.07 Å². The number of nitrogens with zero attached hydrogens (tertiary/aromatic N) is 6. The summed E-state index contributed by atoms with van der Waals surface area (Å²) in [5.41, 5.74) is 2.89. The van der Waals surface area contributed by atoms with Gasteiger partial charge >= 0.3 is 0 Å². The number of aliphatic imine (C=N–C) groups is 2. The number of aromatic nitrogens is 1. The molecule has 1 saturated heterocycles. The summed E-state index contributed by atoms with van der Waals surface area (Å²) in [5.74, 6) is 1.44. The maximum absolute atomic E-state index is 12.8. The van der Waals surface area contributed by atoms with Crippen molar-refractivity contribution in [3.63, 3.8) is 0 Å². The van der Waals surface area contributed by atoms with Gasteiger partial charge in [-0.1, -0.05) is 12.7 Å². The van der Waals surface area contributed by atoms with Gasteiger partial charge in [0.1, 0.15) is 6.17 Å². The SMILES string of the molecule is C=Cc1ccnc(N=C2CC(C#N)C(N3CCN(C(=O)CCCO)C(C4CC4)C3)N=C2C2CC2)c1. The van der Waals surface area contributed by atoms with Gasteiger partial charge in [0.15, 0.2) is 5.82 Å². The maximum Gasteiger partial charge on any atom is 0.223 e. The van der Waals surface area contributed by atoms with E-state index in [0.29, 0.717) is 50.0 Å². The van der Waals surface area contributed by atoms with Crippen LogP contribution in [0.3, 0.4) is 0 Å². The van der Waals surface area contributed by atoms with Gasteiger partial charge in [-0.25, -0.2) is 9.98 Å². The number of aliphatic hydroxyl groups is 1. The van der Waals surface area contributed by atoms with Crippen LogP contribution in [-0.2, 0) is 4.79 Å². The van der Waals surface area contributed by atoms with Crippen molar-refractivity contribution in [1.29, 1.82) is 5.26 Å². The molecule has 0 aromatic carbocycles. The number of piperazine rings is 1. The average Bonchev–Trinajstić information content (AvgIpc) is 3.80. The molecule has 1 aromatic rings. The highest BCUT2D eigenvalue weighted by molar-refractivity contribution is 6.44. The molecule has 2 aliphatic carbocycles. The van der Waals surface area contributed by atoms with Crippen molar-refractivity contribution >= 4 is 29.2 Å². The van der Waals surface area contributed by atoms with Crippen molar-refractivity contribution in [1.82, 2.24) is 14.8 Å². The quantitative estimate of drug-likeness (QED) is 0.623. The second-order valence-electron chi connectivity index (χ2n) is 10.2. The van der Waals surface area contributed by atoms with E-state index >= 15 is 0 Å². The summed E-state index contributed by atoms with van der Waals surface area (Å²) in [5, 5.41) is 19.2.